The van der Waals surface area contributed by atoms with Crippen molar-refractivity contribution in [1.82, 2.24) is 14.8 Å². The monoisotopic (exact) mass is 368 g/mol. The summed E-state index contributed by atoms with van der Waals surface area (Å²) in [4.78, 5) is 17.0. The van der Waals surface area contributed by atoms with Gasteiger partial charge in [0.05, 0.1) is 23.0 Å². The first-order chi connectivity index (χ1) is 12.5. The van der Waals surface area contributed by atoms with E-state index in [2.05, 4.69) is 15.4 Å². The van der Waals surface area contributed by atoms with E-state index in [1.165, 1.54) is 11.3 Å². The molecule has 4 rings (SSSR count). The molecule has 0 radical (unpaired) electrons. The van der Waals surface area contributed by atoms with E-state index in [9.17, 15) is 4.79 Å². The first kappa shape index (κ1) is 16.3. The highest BCUT2D eigenvalue weighted by Gasteiger charge is 2.17. The fourth-order valence-electron chi connectivity index (χ4n) is 2.58. The third-order valence-electron chi connectivity index (χ3n) is 3.80. The number of fused-ring (bicyclic) bond motifs is 1. The number of thiazole rings is 1. The number of anilines is 1. The Bertz CT molecular complexity index is 1110. The maximum Gasteiger partial charge on any atom is 0.292 e. The highest BCUT2D eigenvalue weighted by molar-refractivity contribution is 7.20. The van der Waals surface area contributed by atoms with E-state index in [0.29, 0.717) is 16.7 Å². The molecule has 0 spiro atoms. The molecular formula is C18H16N4O3S. The Kier molecular flexibility index (Phi) is 3.96. The summed E-state index contributed by atoms with van der Waals surface area (Å²) in [6, 6.07) is 10.9. The molecule has 3 heterocycles. The highest BCUT2D eigenvalue weighted by Crippen LogP contribution is 2.30. The summed E-state index contributed by atoms with van der Waals surface area (Å²) in [5.41, 5.74) is 1.62. The van der Waals surface area contributed by atoms with E-state index >= 15 is 0 Å². The molecule has 0 bridgehead atoms. The zero-order chi connectivity index (χ0) is 18.3. The Morgan fingerprint density at radius 2 is 2.08 bits per heavy atom. The molecule has 26 heavy (non-hydrogen) atoms. The molecule has 3 aromatic heterocycles. The zero-order valence-electron chi connectivity index (χ0n) is 14.4. The van der Waals surface area contributed by atoms with Crippen LogP contribution in [0.3, 0.4) is 0 Å². The minimum Gasteiger partial charge on any atom is -0.497 e. The van der Waals surface area contributed by atoms with Crippen LogP contribution in [0.25, 0.3) is 15.3 Å². The zero-order valence-corrected chi connectivity index (χ0v) is 15.3. The number of benzene rings is 1. The van der Waals surface area contributed by atoms with Crippen LogP contribution >= 0.6 is 11.3 Å². The third kappa shape index (κ3) is 2.95. The van der Waals surface area contributed by atoms with E-state index in [1.54, 1.807) is 36.9 Å². The molecule has 0 unspecified atom stereocenters. The smallest absolute Gasteiger partial charge is 0.292 e. The van der Waals surface area contributed by atoms with Crippen molar-refractivity contribution in [1.29, 1.82) is 0 Å². The lowest BCUT2D eigenvalue weighted by molar-refractivity contribution is 0.0994. The van der Waals surface area contributed by atoms with E-state index in [4.69, 9.17) is 9.15 Å². The van der Waals surface area contributed by atoms with Crippen LogP contribution in [-0.4, -0.2) is 27.8 Å². The van der Waals surface area contributed by atoms with Crippen LogP contribution in [0.2, 0.25) is 0 Å². The lowest BCUT2D eigenvalue weighted by Gasteiger charge is -2.04. The van der Waals surface area contributed by atoms with Crippen LogP contribution in [0.5, 0.6) is 5.75 Å². The van der Waals surface area contributed by atoms with Crippen molar-refractivity contribution in [2.75, 3.05) is 12.4 Å². The second-order valence-electron chi connectivity index (χ2n) is 5.78. The van der Waals surface area contributed by atoms with Gasteiger partial charge in [0.1, 0.15) is 17.3 Å². The molecule has 1 amide bonds. The van der Waals surface area contributed by atoms with Gasteiger partial charge in [-0.25, -0.2) is 4.98 Å². The Morgan fingerprint density at radius 3 is 2.81 bits per heavy atom. The predicted molar refractivity (Wildman–Crippen MR) is 99.4 cm³/mol. The number of hydrogen-bond acceptors (Lipinski definition) is 6. The predicted octanol–water partition coefficient (Wildman–Crippen LogP) is 3.95. The molecule has 0 aliphatic rings. The normalized spacial score (nSPS) is 11.0. The van der Waals surface area contributed by atoms with Crippen molar-refractivity contribution in [3.05, 3.63) is 53.6 Å². The van der Waals surface area contributed by atoms with Gasteiger partial charge in [-0.1, -0.05) is 11.3 Å². The number of amides is 1. The first-order valence-corrected chi connectivity index (χ1v) is 8.74. The number of methoxy groups -OCH3 is 1. The number of ether oxygens (including phenoxy) is 1. The lowest BCUT2D eigenvalue weighted by Crippen LogP contribution is -2.14. The van der Waals surface area contributed by atoms with Gasteiger partial charge in [0.15, 0.2) is 5.76 Å². The second kappa shape index (κ2) is 6.30. The number of carbonyl (C=O) groups is 1. The van der Waals surface area contributed by atoms with Gasteiger partial charge in [-0.2, -0.15) is 9.78 Å². The van der Waals surface area contributed by atoms with E-state index in [0.717, 1.165) is 21.7 Å². The fraction of sp³-hybridized carbons (Fsp3) is 0.167. The Balaban J connectivity index is 1.70. The van der Waals surface area contributed by atoms with Gasteiger partial charge in [0.25, 0.3) is 5.91 Å². The topological polar surface area (TPSA) is 82.2 Å². The molecule has 8 heteroatoms. The molecule has 7 nitrogen and oxygen atoms in total. The maximum atomic E-state index is 12.4. The molecule has 0 atom stereocenters. The Hall–Kier alpha value is -3.13. The quantitative estimate of drug-likeness (QED) is 0.590. The van der Waals surface area contributed by atoms with Gasteiger partial charge < -0.3 is 14.5 Å². The molecule has 0 aliphatic heterocycles. The van der Waals surface area contributed by atoms with E-state index < -0.39 is 0 Å². The van der Waals surface area contributed by atoms with Gasteiger partial charge in [-0.15, -0.1) is 0 Å². The van der Waals surface area contributed by atoms with Crippen molar-refractivity contribution in [3.8, 4) is 10.9 Å². The summed E-state index contributed by atoms with van der Waals surface area (Å²) < 4.78 is 13.2. The summed E-state index contributed by atoms with van der Waals surface area (Å²) in [7, 11) is 1.63. The minimum atomic E-state index is -0.331. The molecule has 0 saturated heterocycles. The number of nitrogens with zero attached hydrogens (tertiary/aromatic N) is 3. The number of aromatic nitrogens is 3. The van der Waals surface area contributed by atoms with Gasteiger partial charge in [0.2, 0.25) is 5.13 Å². The van der Waals surface area contributed by atoms with Crippen LogP contribution < -0.4 is 10.1 Å². The Morgan fingerprint density at radius 1 is 1.23 bits per heavy atom. The number of nitrogens with one attached hydrogen (secondary N) is 1. The van der Waals surface area contributed by atoms with E-state index in [-0.39, 0.29) is 11.7 Å². The summed E-state index contributed by atoms with van der Waals surface area (Å²) in [6.07, 6.45) is 0. The largest absolute Gasteiger partial charge is 0.497 e. The van der Waals surface area contributed by atoms with Gasteiger partial charge in [0, 0.05) is 6.07 Å². The number of aryl methyl sites for hydroxylation is 2. The SMILES string of the molecule is COc1ccc2nc(-n3nc(C)cc3NC(=O)c3ccc(C)o3)sc2c1. The van der Waals surface area contributed by atoms with Crippen molar-refractivity contribution in [3.63, 3.8) is 0 Å². The molecule has 1 aromatic carbocycles. The molecule has 4 aromatic rings. The summed E-state index contributed by atoms with van der Waals surface area (Å²) in [5.74, 6) is 1.91. The summed E-state index contributed by atoms with van der Waals surface area (Å²) in [5, 5.41) is 7.95. The standard InChI is InChI=1S/C18H16N4O3S/c1-10-8-16(20-17(23)14-7-4-11(2)25-14)22(21-10)18-19-13-6-5-12(24-3)9-15(13)26-18/h4-9H,1-3H3,(H,20,23). The first-order valence-electron chi connectivity index (χ1n) is 7.93. The van der Waals surface area contributed by atoms with Crippen LogP contribution in [0.4, 0.5) is 5.82 Å². The fourth-order valence-corrected chi connectivity index (χ4v) is 3.54. The molecule has 132 valence electrons. The highest BCUT2D eigenvalue weighted by atomic mass is 32.1. The third-order valence-corrected chi connectivity index (χ3v) is 4.80. The average molecular weight is 368 g/mol. The molecular weight excluding hydrogens is 352 g/mol. The van der Waals surface area contributed by atoms with Crippen LogP contribution in [-0.2, 0) is 0 Å². The number of furan rings is 1. The number of hydrogen-bond donors (Lipinski definition) is 1. The van der Waals surface area contributed by atoms with Gasteiger partial charge >= 0.3 is 0 Å². The molecule has 1 N–H and O–H groups in total. The molecule has 0 saturated carbocycles. The van der Waals surface area contributed by atoms with Crippen molar-refractivity contribution in [2.45, 2.75) is 13.8 Å². The molecule has 0 fully saturated rings. The van der Waals surface area contributed by atoms with Gasteiger partial charge in [-0.3, -0.25) is 4.79 Å². The van der Waals surface area contributed by atoms with Crippen molar-refractivity contribution in [2.24, 2.45) is 0 Å². The van der Waals surface area contributed by atoms with Crippen LogP contribution in [0.15, 0.2) is 40.8 Å². The number of rotatable bonds is 4. The van der Waals surface area contributed by atoms with Crippen molar-refractivity contribution >= 4 is 33.3 Å². The van der Waals surface area contributed by atoms with Crippen LogP contribution in [0, 0.1) is 13.8 Å². The summed E-state index contributed by atoms with van der Waals surface area (Å²) >= 11 is 1.47. The summed E-state index contributed by atoms with van der Waals surface area (Å²) in [6.45, 7) is 3.65. The average Bonchev–Trinajstić information content (AvgIpc) is 3.32. The van der Waals surface area contributed by atoms with Crippen LogP contribution in [0.1, 0.15) is 22.0 Å². The maximum absolute atomic E-state index is 12.4. The van der Waals surface area contributed by atoms with Gasteiger partial charge in [-0.05, 0) is 44.2 Å². The Labute approximate surface area is 153 Å². The lowest BCUT2D eigenvalue weighted by atomic mass is 10.3. The number of carbonyl (C=O) groups excluding carboxylic acids is 1. The second-order valence-corrected chi connectivity index (χ2v) is 6.79. The molecule has 0 aliphatic carbocycles. The van der Waals surface area contributed by atoms with Crippen molar-refractivity contribution < 1.29 is 13.9 Å². The minimum absolute atomic E-state index is 0.252. The van der Waals surface area contributed by atoms with E-state index in [1.807, 2.05) is 25.1 Å².